The van der Waals surface area contributed by atoms with Gasteiger partial charge in [0.25, 0.3) is 0 Å². The molecule has 0 bridgehead atoms. The molecule has 0 spiro atoms. The third kappa shape index (κ3) is 1.59. The van der Waals surface area contributed by atoms with E-state index in [1.807, 2.05) is 19.3 Å². The van der Waals surface area contributed by atoms with Crippen molar-refractivity contribution in [1.82, 2.24) is 14.5 Å². The van der Waals surface area contributed by atoms with Crippen LogP contribution in [0.1, 0.15) is 18.7 Å². The summed E-state index contributed by atoms with van der Waals surface area (Å²) < 4.78 is 2.10. The largest absolute Gasteiger partial charge is 0.330 e. The number of rotatable bonds is 3. The van der Waals surface area contributed by atoms with Crippen molar-refractivity contribution in [2.45, 2.75) is 25.3 Å². The lowest BCUT2D eigenvalue weighted by atomic mass is 10.1. The maximum atomic E-state index is 6.13. The first-order valence-electron chi connectivity index (χ1n) is 5.76. The Balaban J connectivity index is 1.93. The Morgan fingerprint density at radius 2 is 2.38 bits per heavy atom. The third-order valence-corrected chi connectivity index (χ3v) is 3.42. The maximum Gasteiger partial charge on any atom is 0.111 e. The van der Waals surface area contributed by atoms with Gasteiger partial charge in [0, 0.05) is 25.7 Å². The summed E-state index contributed by atoms with van der Waals surface area (Å²) >= 11 is 0. The first-order chi connectivity index (χ1) is 7.75. The molecule has 1 unspecified atom stereocenters. The fourth-order valence-corrected chi connectivity index (χ4v) is 2.17. The molecule has 84 valence electrons. The Bertz CT molecular complexity index is 513. The highest BCUT2D eigenvalue weighted by Crippen LogP contribution is 2.32. The minimum absolute atomic E-state index is 0.267. The zero-order valence-corrected chi connectivity index (χ0v) is 9.43. The van der Waals surface area contributed by atoms with Gasteiger partial charge >= 0.3 is 0 Å². The van der Waals surface area contributed by atoms with E-state index in [1.165, 1.54) is 12.8 Å². The van der Waals surface area contributed by atoms with Gasteiger partial charge in [-0.3, -0.25) is 4.98 Å². The highest BCUT2D eigenvalue weighted by Gasteiger charge is 2.29. The zero-order chi connectivity index (χ0) is 11.1. The fraction of sp³-hybridized carbons (Fsp3) is 0.500. The van der Waals surface area contributed by atoms with Gasteiger partial charge < -0.3 is 10.3 Å². The Kier molecular flexibility index (Phi) is 2.17. The summed E-state index contributed by atoms with van der Waals surface area (Å²) in [5.41, 5.74) is 8.23. The van der Waals surface area contributed by atoms with Crippen molar-refractivity contribution in [3.63, 3.8) is 0 Å². The highest BCUT2D eigenvalue weighted by molar-refractivity contribution is 5.74. The van der Waals surface area contributed by atoms with Crippen molar-refractivity contribution in [3.05, 3.63) is 24.3 Å². The first kappa shape index (κ1) is 9.78. The van der Waals surface area contributed by atoms with Crippen LogP contribution >= 0.6 is 0 Å². The number of hydrogen-bond acceptors (Lipinski definition) is 3. The molecule has 0 aromatic carbocycles. The maximum absolute atomic E-state index is 6.13. The van der Waals surface area contributed by atoms with Crippen LogP contribution in [-0.2, 0) is 13.5 Å². The molecule has 4 nitrogen and oxygen atoms in total. The van der Waals surface area contributed by atoms with Crippen LogP contribution in [0.15, 0.2) is 18.5 Å². The van der Waals surface area contributed by atoms with Gasteiger partial charge in [0.1, 0.15) is 5.82 Å². The van der Waals surface area contributed by atoms with E-state index in [0.29, 0.717) is 0 Å². The van der Waals surface area contributed by atoms with Gasteiger partial charge in [-0.05, 0) is 24.8 Å². The number of hydrogen-bond donors (Lipinski definition) is 1. The smallest absolute Gasteiger partial charge is 0.111 e. The summed E-state index contributed by atoms with van der Waals surface area (Å²) in [7, 11) is 2.03. The average Bonchev–Trinajstić information content (AvgIpc) is 3.08. The van der Waals surface area contributed by atoms with Crippen molar-refractivity contribution in [1.29, 1.82) is 0 Å². The predicted octanol–water partition coefficient (Wildman–Crippen LogP) is 1.25. The minimum Gasteiger partial charge on any atom is -0.330 e. The molecular formula is C12H16N4. The van der Waals surface area contributed by atoms with E-state index >= 15 is 0 Å². The molecule has 3 rings (SSSR count). The van der Waals surface area contributed by atoms with Gasteiger partial charge in [0.05, 0.1) is 17.2 Å². The highest BCUT2D eigenvalue weighted by atomic mass is 15.1. The van der Waals surface area contributed by atoms with E-state index in [2.05, 4.69) is 14.5 Å². The number of fused-ring (bicyclic) bond motifs is 1. The minimum atomic E-state index is 0.267. The molecule has 4 heteroatoms. The average molecular weight is 216 g/mol. The first-order valence-corrected chi connectivity index (χ1v) is 5.76. The normalized spacial score (nSPS) is 17.9. The Hall–Kier alpha value is -1.42. The molecule has 0 amide bonds. The van der Waals surface area contributed by atoms with Gasteiger partial charge in [0.15, 0.2) is 0 Å². The number of nitrogens with zero attached hydrogens (tertiary/aromatic N) is 3. The van der Waals surface area contributed by atoms with E-state index in [4.69, 9.17) is 5.73 Å². The van der Waals surface area contributed by atoms with Gasteiger partial charge in [-0.1, -0.05) is 0 Å². The van der Waals surface area contributed by atoms with Crippen molar-refractivity contribution in [2.24, 2.45) is 18.7 Å². The van der Waals surface area contributed by atoms with E-state index in [9.17, 15) is 0 Å². The Labute approximate surface area is 94.5 Å². The van der Waals surface area contributed by atoms with Crippen LogP contribution in [0.5, 0.6) is 0 Å². The molecule has 1 aliphatic carbocycles. The summed E-state index contributed by atoms with van der Waals surface area (Å²) in [5.74, 6) is 1.79. The summed E-state index contributed by atoms with van der Waals surface area (Å²) in [5, 5.41) is 0. The molecule has 0 saturated heterocycles. The summed E-state index contributed by atoms with van der Waals surface area (Å²) in [6.45, 7) is 0. The number of aromatic nitrogens is 3. The Morgan fingerprint density at radius 3 is 3.06 bits per heavy atom. The monoisotopic (exact) mass is 216 g/mol. The molecular weight excluding hydrogens is 200 g/mol. The summed E-state index contributed by atoms with van der Waals surface area (Å²) in [4.78, 5) is 8.73. The van der Waals surface area contributed by atoms with E-state index < -0.39 is 0 Å². The Morgan fingerprint density at radius 1 is 1.56 bits per heavy atom. The molecule has 2 aromatic rings. The van der Waals surface area contributed by atoms with Crippen LogP contribution < -0.4 is 5.73 Å². The second-order valence-corrected chi connectivity index (χ2v) is 4.66. The summed E-state index contributed by atoms with van der Waals surface area (Å²) in [6, 6.07) is 2.21. The number of imidazole rings is 1. The third-order valence-electron chi connectivity index (χ3n) is 3.42. The lowest BCUT2D eigenvalue weighted by molar-refractivity contribution is 0.566. The van der Waals surface area contributed by atoms with Crippen LogP contribution in [0.2, 0.25) is 0 Å². The van der Waals surface area contributed by atoms with E-state index in [1.54, 1.807) is 6.20 Å². The summed E-state index contributed by atoms with van der Waals surface area (Å²) in [6.07, 6.45) is 7.07. The molecule has 2 aromatic heterocycles. The topological polar surface area (TPSA) is 56.7 Å². The van der Waals surface area contributed by atoms with Crippen molar-refractivity contribution in [2.75, 3.05) is 0 Å². The van der Waals surface area contributed by atoms with Gasteiger partial charge in [-0.2, -0.15) is 0 Å². The number of pyridine rings is 1. The number of nitrogens with two attached hydrogens (primary N) is 1. The molecule has 1 atom stereocenters. The fourth-order valence-electron chi connectivity index (χ4n) is 2.17. The molecule has 2 heterocycles. The molecule has 1 fully saturated rings. The van der Waals surface area contributed by atoms with Gasteiger partial charge in [-0.25, -0.2) is 4.98 Å². The SMILES string of the molecule is Cn1c(CC(N)C2CC2)nc2ccncc21. The van der Waals surface area contributed by atoms with Crippen LogP contribution in [0.4, 0.5) is 0 Å². The zero-order valence-electron chi connectivity index (χ0n) is 9.43. The van der Waals surface area contributed by atoms with Gasteiger partial charge in [-0.15, -0.1) is 0 Å². The molecule has 2 N–H and O–H groups in total. The van der Waals surface area contributed by atoms with E-state index in [0.717, 1.165) is 29.2 Å². The second-order valence-electron chi connectivity index (χ2n) is 4.66. The molecule has 1 aliphatic rings. The quantitative estimate of drug-likeness (QED) is 0.840. The van der Waals surface area contributed by atoms with Crippen LogP contribution in [0.3, 0.4) is 0 Å². The van der Waals surface area contributed by atoms with Crippen molar-refractivity contribution in [3.8, 4) is 0 Å². The predicted molar refractivity (Wildman–Crippen MR) is 62.9 cm³/mol. The van der Waals surface area contributed by atoms with Crippen molar-refractivity contribution >= 4 is 11.0 Å². The van der Waals surface area contributed by atoms with Crippen LogP contribution in [-0.4, -0.2) is 20.6 Å². The molecule has 16 heavy (non-hydrogen) atoms. The van der Waals surface area contributed by atoms with Crippen LogP contribution in [0.25, 0.3) is 11.0 Å². The van der Waals surface area contributed by atoms with E-state index in [-0.39, 0.29) is 6.04 Å². The standard InChI is InChI=1S/C12H16N4/c1-16-11-7-14-5-4-10(11)15-12(16)6-9(13)8-2-3-8/h4-5,7-9H,2-3,6,13H2,1H3. The lowest BCUT2D eigenvalue weighted by Gasteiger charge is -2.09. The molecule has 0 aliphatic heterocycles. The van der Waals surface area contributed by atoms with Crippen LogP contribution in [0, 0.1) is 5.92 Å². The second kappa shape index (κ2) is 3.56. The number of aryl methyl sites for hydroxylation is 1. The molecule has 0 radical (unpaired) electrons. The lowest BCUT2D eigenvalue weighted by Crippen LogP contribution is -2.26. The van der Waals surface area contributed by atoms with Gasteiger partial charge in [0.2, 0.25) is 0 Å². The molecule has 1 saturated carbocycles. The van der Waals surface area contributed by atoms with Crippen molar-refractivity contribution < 1.29 is 0 Å².